The van der Waals surface area contributed by atoms with Crippen LogP contribution in [0, 0.1) is 0 Å². The third-order valence-electron chi connectivity index (χ3n) is 5.42. The van der Waals surface area contributed by atoms with Gasteiger partial charge in [-0.3, -0.25) is 0 Å². The van der Waals surface area contributed by atoms with E-state index in [1.165, 1.54) is 11.1 Å². The van der Waals surface area contributed by atoms with E-state index in [1.807, 2.05) is 6.07 Å². The number of aromatic nitrogens is 1. The summed E-state index contributed by atoms with van der Waals surface area (Å²) in [6, 6.07) is 8.60. The van der Waals surface area contributed by atoms with Crippen LogP contribution >= 0.6 is 11.3 Å². The van der Waals surface area contributed by atoms with Crippen molar-refractivity contribution in [2.75, 3.05) is 31.3 Å². The predicted molar refractivity (Wildman–Crippen MR) is 88.8 cm³/mol. The molecule has 0 amide bonds. The maximum Gasteiger partial charge on any atom is 0.221 e. The number of thiazole rings is 1. The number of anilines is 1. The molecule has 3 aliphatic rings. The smallest absolute Gasteiger partial charge is 0.221 e. The molecule has 5 rings (SSSR count). The molecule has 1 aliphatic carbocycles. The van der Waals surface area contributed by atoms with Gasteiger partial charge in [0.1, 0.15) is 19.1 Å². The predicted octanol–water partition coefficient (Wildman–Crippen LogP) is 1.65. The molecule has 1 saturated heterocycles. The molecule has 0 radical (unpaired) electrons. The number of nitrogens with zero attached hydrogens (tertiary/aromatic N) is 4. The molecule has 0 bridgehead atoms. The van der Waals surface area contributed by atoms with Gasteiger partial charge in [0.05, 0.1) is 23.4 Å². The topological polar surface area (TPSA) is 54.5 Å². The quantitative estimate of drug-likeness (QED) is 0.911. The Morgan fingerprint density at radius 3 is 3.00 bits per heavy atom. The van der Waals surface area contributed by atoms with Gasteiger partial charge in [0, 0.05) is 6.42 Å². The lowest BCUT2D eigenvalue weighted by Crippen LogP contribution is -3.24. The summed E-state index contributed by atoms with van der Waals surface area (Å²) in [7, 11) is 0. The molecule has 1 aromatic heterocycles. The van der Waals surface area contributed by atoms with Crippen molar-refractivity contribution in [3.8, 4) is 0 Å². The average Bonchev–Trinajstić information content (AvgIpc) is 3.28. The molecule has 1 N–H and O–H groups in total. The number of benzene rings is 1. The van der Waals surface area contributed by atoms with Gasteiger partial charge in [0.15, 0.2) is 0 Å². The summed E-state index contributed by atoms with van der Waals surface area (Å²) in [6.45, 7) is 3.72. The van der Waals surface area contributed by atoms with Crippen molar-refractivity contribution in [1.82, 2.24) is 4.98 Å². The fourth-order valence-corrected chi connectivity index (χ4v) is 5.33. The van der Waals surface area contributed by atoms with Gasteiger partial charge in [-0.1, -0.05) is 28.7 Å². The Kier molecular flexibility index (Phi) is 3.14. The van der Waals surface area contributed by atoms with Crippen molar-refractivity contribution < 1.29 is 9.64 Å². The van der Waals surface area contributed by atoms with Gasteiger partial charge >= 0.3 is 0 Å². The molecule has 0 unspecified atom stereocenters. The van der Waals surface area contributed by atoms with Crippen molar-refractivity contribution in [2.45, 2.75) is 31.0 Å². The molecule has 7 heteroatoms. The number of quaternary nitrogens is 1. The van der Waals surface area contributed by atoms with Crippen molar-refractivity contribution in [1.29, 1.82) is 0 Å². The Balaban J connectivity index is 1.58. The first-order valence-corrected chi connectivity index (χ1v) is 9.19. The van der Waals surface area contributed by atoms with E-state index in [4.69, 9.17) is 9.72 Å². The van der Waals surface area contributed by atoms with Crippen LogP contribution in [-0.4, -0.2) is 43.0 Å². The van der Waals surface area contributed by atoms with Gasteiger partial charge in [0.2, 0.25) is 10.8 Å². The zero-order chi connectivity index (χ0) is 15.3. The van der Waals surface area contributed by atoms with E-state index in [1.54, 1.807) is 16.2 Å². The first kappa shape index (κ1) is 13.8. The van der Waals surface area contributed by atoms with E-state index in [2.05, 4.69) is 33.5 Å². The average molecular weight is 330 g/mol. The molecule has 1 saturated carbocycles. The molecular weight excluding hydrogens is 310 g/mol. The molecule has 2 aromatic rings. The van der Waals surface area contributed by atoms with E-state index in [0.717, 1.165) is 49.8 Å². The largest absolute Gasteiger partial charge is 0.370 e. The summed E-state index contributed by atoms with van der Waals surface area (Å²) in [5.74, 6) is 0. The molecule has 3 heterocycles. The molecule has 2 aliphatic heterocycles. The Hall–Kier alpha value is -1.57. The van der Waals surface area contributed by atoms with Crippen LogP contribution in [0.2, 0.25) is 0 Å². The highest BCUT2D eigenvalue weighted by Gasteiger charge is 2.61. The van der Waals surface area contributed by atoms with Crippen LogP contribution < -0.4 is 9.91 Å². The number of rotatable bonds is 2. The lowest BCUT2D eigenvalue weighted by Gasteiger charge is -2.42. The van der Waals surface area contributed by atoms with Gasteiger partial charge in [-0.05, 0) is 25.0 Å². The summed E-state index contributed by atoms with van der Waals surface area (Å²) < 4.78 is 6.79. The van der Waals surface area contributed by atoms with Crippen LogP contribution in [0.5, 0.6) is 0 Å². The number of morpholine rings is 1. The molecule has 120 valence electrons. The van der Waals surface area contributed by atoms with E-state index in [-0.39, 0.29) is 5.66 Å². The summed E-state index contributed by atoms with van der Waals surface area (Å²) in [5.41, 5.74) is 1.01. The van der Waals surface area contributed by atoms with Crippen molar-refractivity contribution >= 4 is 26.7 Å². The summed E-state index contributed by atoms with van der Waals surface area (Å²) in [6.07, 6.45) is 3.49. The highest BCUT2D eigenvalue weighted by Crippen LogP contribution is 2.43. The van der Waals surface area contributed by atoms with Gasteiger partial charge in [-0.25, -0.2) is 4.98 Å². The monoisotopic (exact) mass is 330 g/mol. The van der Waals surface area contributed by atoms with E-state index in [0.29, 0.717) is 6.04 Å². The van der Waals surface area contributed by atoms with Gasteiger partial charge in [-0.15, -0.1) is 0 Å². The lowest BCUT2D eigenvalue weighted by molar-refractivity contribution is -0.958. The van der Waals surface area contributed by atoms with Crippen LogP contribution in [0.25, 0.3) is 10.2 Å². The van der Waals surface area contributed by atoms with E-state index >= 15 is 0 Å². The minimum atomic E-state index is -0.0440. The second-order valence-electron chi connectivity index (χ2n) is 6.53. The zero-order valence-electron chi connectivity index (χ0n) is 12.9. The second-order valence-corrected chi connectivity index (χ2v) is 7.54. The first-order valence-electron chi connectivity index (χ1n) is 8.37. The second kappa shape index (κ2) is 5.22. The summed E-state index contributed by atoms with van der Waals surface area (Å²) in [5, 5.41) is 12.3. The molecule has 0 spiro atoms. The van der Waals surface area contributed by atoms with Crippen LogP contribution in [0.4, 0.5) is 5.13 Å². The molecule has 2 fully saturated rings. The highest BCUT2D eigenvalue weighted by atomic mass is 32.1. The Morgan fingerprint density at radius 1 is 1.26 bits per heavy atom. The summed E-state index contributed by atoms with van der Waals surface area (Å²) in [4.78, 5) is 6.41. The Morgan fingerprint density at radius 2 is 2.13 bits per heavy atom. The van der Waals surface area contributed by atoms with Crippen LogP contribution in [0.3, 0.4) is 0 Å². The molecule has 6 nitrogen and oxygen atoms in total. The van der Waals surface area contributed by atoms with Crippen molar-refractivity contribution in [3.05, 3.63) is 24.3 Å². The minimum absolute atomic E-state index is 0.0440. The maximum atomic E-state index is 5.58. The fourth-order valence-electron chi connectivity index (χ4n) is 4.34. The number of para-hydroxylation sites is 1. The first-order chi connectivity index (χ1) is 11.4. The van der Waals surface area contributed by atoms with E-state index < -0.39 is 0 Å². The van der Waals surface area contributed by atoms with E-state index in [9.17, 15) is 0 Å². The Labute approximate surface area is 138 Å². The number of fused-ring (bicyclic) bond motifs is 2. The standard InChI is InChI=1S/C16H19N5OS/c1-2-5-13-12(4-1)17-15(23-13)21-16(20-8-10-22-11-9-20)7-3-6-14(16)18-19-21/h1-2,4-5,14H,3,6-11H2/p+1/t14-,16-/m1/s1. The van der Waals surface area contributed by atoms with Gasteiger partial charge < -0.3 is 9.64 Å². The SMILES string of the molecule is c1ccc2sc(N3N=N[C@@H]4CCC[C@]43[NH+]3CCOCC3)nc2c1. The minimum Gasteiger partial charge on any atom is -0.370 e. The van der Waals surface area contributed by atoms with Crippen molar-refractivity contribution in [2.24, 2.45) is 10.3 Å². The summed E-state index contributed by atoms with van der Waals surface area (Å²) >= 11 is 1.72. The van der Waals surface area contributed by atoms with Crippen molar-refractivity contribution in [3.63, 3.8) is 0 Å². The Bertz CT molecular complexity index is 723. The normalized spacial score (nSPS) is 31.1. The van der Waals surface area contributed by atoms with Crippen LogP contribution in [0.1, 0.15) is 19.3 Å². The van der Waals surface area contributed by atoms with Gasteiger partial charge in [-0.2, -0.15) is 10.1 Å². The zero-order valence-corrected chi connectivity index (χ0v) is 13.8. The number of ether oxygens (including phenoxy) is 1. The fraction of sp³-hybridized carbons (Fsp3) is 0.562. The molecular formula is C16H20N5OS+. The third-order valence-corrected chi connectivity index (χ3v) is 6.43. The third kappa shape index (κ3) is 1.96. The van der Waals surface area contributed by atoms with Crippen LogP contribution in [-0.2, 0) is 4.74 Å². The number of hydrogen-bond acceptors (Lipinski definition) is 6. The van der Waals surface area contributed by atoms with Crippen LogP contribution in [0.15, 0.2) is 34.6 Å². The number of nitrogens with one attached hydrogen (secondary N) is 1. The molecule has 2 atom stereocenters. The lowest BCUT2D eigenvalue weighted by atomic mass is 10.0. The number of hydrogen-bond donors (Lipinski definition) is 1. The highest BCUT2D eigenvalue weighted by molar-refractivity contribution is 7.22. The maximum absolute atomic E-state index is 5.58. The van der Waals surface area contributed by atoms with Gasteiger partial charge in [0.25, 0.3) is 0 Å². The molecule has 23 heavy (non-hydrogen) atoms. The molecule has 1 aromatic carbocycles.